The van der Waals surface area contributed by atoms with Crippen molar-refractivity contribution in [1.82, 2.24) is 10.2 Å². The highest BCUT2D eigenvalue weighted by Gasteiger charge is 2.48. The van der Waals surface area contributed by atoms with Gasteiger partial charge in [0.15, 0.2) is 5.78 Å². The molecular weight excluding hydrogens is 456 g/mol. The molecule has 0 saturated carbocycles. The fourth-order valence-electron chi connectivity index (χ4n) is 4.41. The van der Waals surface area contributed by atoms with Crippen molar-refractivity contribution in [1.29, 1.82) is 0 Å². The first-order valence-electron chi connectivity index (χ1n) is 11.0. The second-order valence-electron chi connectivity index (χ2n) is 8.26. The van der Waals surface area contributed by atoms with Crippen LogP contribution in [0.3, 0.4) is 0 Å². The highest BCUT2D eigenvalue weighted by atomic mass is 32.2. The van der Waals surface area contributed by atoms with Crippen LogP contribution < -0.4 is 5.32 Å². The number of rotatable bonds is 7. The van der Waals surface area contributed by atoms with Crippen molar-refractivity contribution < 1.29 is 19.1 Å². The van der Waals surface area contributed by atoms with Crippen molar-refractivity contribution in [2.45, 2.75) is 30.4 Å². The zero-order valence-corrected chi connectivity index (χ0v) is 19.6. The summed E-state index contributed by atoms with van der Waals surface area (Å²) in [7, 11) is 0. The van der Waals surface area contributed by atoms with Gasteiger partial charge in [0.1, 0.15) is 18.7 Å². The lowest BCUT2D eigenvalue weighted by molar-refractivity contribution is -0.137. The molecule has 6 nitrogen and oxygen atoms in total. The van der Waals surface area contributed by atoms with Gasteiger partial charge in [-0.05, 0) is 29.5 Å². The second-order valence-corrected chi connectivity index (χ2v) is 10.4. The molecule has 0 radical (unpaired) electrons. The number of ketones is 1. The molecule has 0 bridgehead atoms. The van der Waals surface area contributed by atoms with E-state index in [1.165, 1.54) is 11.3 Å². The Hall–Kier alpha value is -2.68. The Labute approximate surface area is 200 Å². The molecular formula is C25H24N2O4S2. The first-order chi connectivity index (χ1) is 16.1. The summed E-state index contributed by atoms with van der Waals surface area (Å²) in [4.78, 5) is 41.1. The largest absolute Gasteiger partial charge is 0.368 e. The maximum Gasteiger partial charge on any atom is 0.262 e. The molecule has 3 heterocycles. The third-order valence-corrected chi connectivity index (χ3v) is 8.27. The van der Waals surface area contributed by atoms with Crippen LogP contribution in [0.15, 0.2) is 60.7 Å². The summed E-state index contributed by atoms with van der Waals surface area (Å²) in [5, 5.41) is 3.96. The van der Waals surface area contributed by atoms with Crippen molar-refractivity contribution in [2.24, 2.45) is 0 Å². The van der Waals surface area contributed by atoms with Crippen LogP contribution in [-0.2, 0) is 20.1 Å². The molecule has 2 amide bonds. The standard InChI is InChI=1S/C25H24N2O4S2/c28-19-13-31-20-10-11-27(23(19)20)25(30)18(15-32-14-16-6-2-1-3-7-16)26-24(29)22-12-17-8-4-5-9-21(17)33-22/h1-9,12,18,20,23H,10-11,13-15H2,(H,26,29). The average Bonchev–Trinajstić information content (AvgIpc) is 3.55. The van der Waals surface area contributed by atoms with E-state index in [1.807, 2.05) is 60.7 Å². The van der Waals surface area contributed by atoms with Crippen LogP contribution in [0.1, 0.15) is 21.7 Å². The monoisotopic (exact) mass is 480 g/mol. The molecule has 0 spiro atoms. The fourth-order valence-corrected chi connectivity index (χ4v) is 6.38. The number of fused-ring (bicyclic) bond motifs is 2. The number of Topliss-reactive ketones (excluding diaryl/α,β-unsaturated/α-hetero) is 1. The Kier molecular flexibility index (Phi) is 6.48. The molecule has 0 aliphatic carbocycles. The maximum atomic E-state index is 13.5. The van der Waals surface area contributed by atoms with E-state index in [1.54, 1.807) is 16.7 Å². The van der Waals surface area contributed by atoms with Crippen molar-refractivity contribution >= 4 is 50.8 Å². The van der Waals surface area contributed by atoms with E-state index in [4.69, 9.17) is 4.74 Å². The van der Waals surface area contributed by atoms with E-state index in [0.717, 1.165) is 21.4 Å². The lowest BCUT2D eigenvalue weighted by atomic mass is 10.1. The molecule has 1 aromatic heterocycles. The Morgan fingerprint density at radius 3 is 2.76 bits per heavy atom. The van der Waals surface area contributed by atoms with Gasteiger partial charge in [-0.25, -0.2) is 0 Å². The number of nitrogens with zero attached hydrogens (tertiary/aromatic N) is 1. The van der Waals surface area contributed by atoms with Crippen molar-refractivity contribution in [3.8, 4) is 0 Å². The maximum absolute atomic E-state index is 13.5. The Bertz CT molecular complexity index is 1150. The normalized spacial score (nSPS) is 20.7. The summed E-state index contributed by atoms with van der Waals surface area (Å²) in [5.41, 5.74) is 1.16. The molecule has 3 atom stereocenters. The third kappa shape index (κ3) is 4.69. The summed E-state index contributed by atoms with van der Waals surface area (Å²) in [6.07, 6.45) is 0.424. The molecule has 3 aromatic rings. The number of hydrogen-bond donors (Lipinski definition) is 1. The molecule has 2 aromatic carbocycles. The van der Waals surface area contributed by atoms with Crippen LogP contribution in [0.2, 0.25) is 0 Å². The quantitative estimate of drug-likeness (QED) is 0.560. The van der Waals surface area contributed by atoms with E-state index in [9.17, 15) is 14.4 Å². The van der Waals surface area contributed by atoms with E-state index >= 15 is 0 Å². The van der Waals surface area contributed by atoms with E-state index < -0.39 is 12.1 Å². The van der Waals surface area contributed by atoms with Crippen LogP contribution >= 0.6 is 23.1 Å². The number of nitrogens with one attached hydrogen (secondary N) is 1. The molecule has 1 N–H and O–H groups in total. The Balaban J connectivity index is 1.32. The summed E-state index contributed by atoms with van der Waals surface area (Å²) < 4.78 is 6.57. The number of carbonyl (C=O) groups excluding carboxylic acids is 3. The molecule has 2 saturated heterocycles. The smallest absolute Gasteiger partial charge is 0.262 e. The van der Waals surface area contributed by atoms with Gasteiger partial charge < -0.3 is 15.0 Å². The summed E-state index contributed by atoms with van der Waals surface area (Å²) in [6.45, 7) is 0.527. The molecule has 2 aliphatic heterocycles. The average molecular weight is 481 g/mol. The number of ether oxygens (including phenoxy) is 1. The highest BCUT2D eigenvalue weighted by Crippen LogP contribution is 2.29. The molecule has 170 valence electrons. The first-order valence-corrected chi connectivity index (χ1v) is 12.9. The second kappa shape index (κ2) is 9.67. The van der Waals surface area contributed by atoms with Gasteiger partial charge in [-0.2, -0.15) is 11.8 Å². The minimum atomic E-state index is -0.719. The molecule has 33 heavy (non-hydrogen) atoms. The zero-order valence-electron chi connectivity index (χ0n) is 17.9. The number of thiophene rings is 1. The number of carbonyl (C=O) groups is 3. The number of thioether (sulfide) groups is 1. The van der Waals surface area contributed by atoms with Gasteiger partial charge in [0, 0.05) is 22.8 Å². The summed E-state index contributed by atoms with van der Waals surface area (Å²) in [6, 6.07) is 18.5. The van der Waals surface area contributed by atoms with Gasteiger partial charge in [-0.15, -0.1) is 11.3 Å². The Morgan fingerprint density at radius 1 is 1.15 bits per heavy atom. The fraction of sp³-hybridized carbons (Fsp3) is 0.320. The van der Waals surface area contributed by atoms with E-state index in [-0.39, 0.29) is 30.3 Å². The summed E-state index contributed by atoms with van der Waals surface area (Å²) in [5.74, 6) is 0.624. The first kappa shape index (κ1) is 22.1. The van der Waals surface area contributed by atoms with Crippen LogP contribution in [0.5, 0.6) is 0 Å². The topological polar surface area (TPSA) is 75.7 Å². The number of likely N-dealkylation sites (tertiary alicyclic amines) is 1. The number of hydrogen-bond acceptors (Lipinski definition) is 6. The van der Waals surface area contributed by atoms with E-state index in [2.05, 4.69) is 5.32 Å². The van der Waals surface area contributed by atoms with Crippen molar-refractivity contribution in [2.75, 3.05) is 18.9 Å². The van der Waals surface area contributed by atoms with Gasteiger partial charge in [-0.1, -0.05) is 48.5 Å². The molecule has 2 aliphatic rings. The van der Waals surface area contributed by atoms with E-state index in [0.29, 0.717) is 23.6 Å². The SMILES string of the molecule is O=C(NC(CSCc1ccccc1)C(=O)N1CCC2OCC(=O)C21)c1cc2ccccc2s1. The van der Waals surface area contributed by atoms with Gasteiger partial charge in [0.25, 0.3) is 5.91 Å². The molecule has 5 rings (SSSR count). The number of amides is 2. The van der Waals surface area contributed by atoms with Gasteiger partial charge >= 0.3 is 0 Å². The minimum absolute atomic E-state index is 0.0562. The van der Waals surface area contributed by atoms with Gasteiger partial charge in [0.05, 0.1) is 11.0 Å². The van der Waals surface area contributed by atoms with Crippen LogP contribution in [-0.4, -0.2) is 59.6 Å². The number of benzene rings is 2. The van der Waals surface area contributed by atoms with Gasteiger partial charge in [0.2, 0.25) is 5.91 Å². The van der Waals surface area contributed by atoms with Crippen molar-refractivity contribution in [3.63, 3.8) is 0 Å². The summed E-state index contributed by atoms with van der Waals surface area (Å²) >= 11 is 3.00. The van der Waals surface area contributed by atoms with Crippen LogP contribution in [0, 0.1) is 0 Å². The lowest BCUT2D eigenvalue weighted by Crippen LogP contribution is -2.53. The van der Waals surface area contributed by atoms with Crippen LogP contribution in [0.4, 0.5) is 0 Å². The van der Waals surface area contributed by atoms with Crippen LogP contribution in [0.25, 0.3) is 10.1 Å². The molecule has 3 unspecified atom stereocenters. The molecule has 8 heteroatoms. The van der Waals surface area contributed by atoms with Gasteiger partial charge in [-0.3, -0.25) is 14.4 Å². The Morgan fingerprint density at radius 2 is 1.94 bits per heavy atom. The predicted octanol–water partition coefficient (Wildman–Crippen LogP) is 3.50. The third-order valence-electron chi connectivity index (χ3n) is 6.04. The predicted molar refractivity (Wildman–Crippen MR) is 131 cm³/mol. The molecule has 2 fully saturated rings. The highest BCUT2D eigenvalue weighted by molar-refractivity contribution is 7.98. The minimum Gasteiger partial charge on any atom is -0.368 e. The zero-order chi connectivity index (χ0) is 22.8. The van der Waals surface area contributed by atoms with Crippen molar-refractivity contribution in [3.05, 3.63) is 71.1 Å². The lowest BCUT2D eigenvalue weighted by Gasteiger charge is -2.27.